The Morgan fingerprint density at radius 1 is 1.21 bits per heavy atom. The normalized spacial score (nSPS) is 22.1. The molecule has 4 heteroatoms. The summed E-state index contributed by atoms with van der Waals surface area (Å²) in [7, 11) is -0.722. The fraction of sp³-hybridized carbons (Fsp3) is 1.00. The molecule has 3 atom stereocenters. The lowest BCUT2D eigenvalue weighted by Crippen LogP contribution is -2.45. The Labute approximate surface area is 121 Å². The minimum atomic E-state index is -0.722. The Balaban J connectivity index is 2.62. The van der Waals surface area contributed by atoms with Crippen LogP contribution in [0, 0.1) is 0 Å². The van der Waals surface area contributed by atoms with Gasteiger partial charge >= 0.3 is 0 Å². The minimum absolute atomic E-state index is 0.301. The van der Waals surface area contributed by atoms with Crippen LogP contribution in [0.5, 0.6) is 0 Å². The van der Waals surface area contributed by atoms with E-state index >= 15 is 0 Å². The summed E-state index contributed by atoms with van der Waals surface area (Å²) in [5.41, 5.74) is 0. The van der Waals surface area contributed by atoms with E-state index in [0.29, 0.717) is 16.5 Å². The van der Waals surface area contributed by atoms with Crippen LogP contribution < -0.4 is 5.32 Å². The van der Waals surface area contributed by atoms with Crippen molar-refractivity contribution >= 4 is 10.8 Å². The maximum atomic E-state index is 12.8. The van der Waals surface area contributed by atoms with Crippen LogP contribution in [0.15, 0.2) is 0 Å². The average molecular weight is 289 g/mol. The Bertz CT molecular complexity index is 255. The van der Waals surface area contributed by atoms with E-state index in [1.807, 2.05) is 0 Å². The zero-order valence-electron chi connectivity index (χ0n) is 12.8. The van der Waals surface area contributed by atoms with Gasteiger partial charge in [0.2, 0.25) is 0 Å². The van der Waals surface area contributed by atoms with E-state index in [9.17, 15) is 4.21 Å². The maximum Gasteiger partial charge on any atom is 0.0501 e. The van der Waals surface area contributed by atoms with Crippen LogP contribution in [0.4, 0.5) is 0 Å². The van der Waals surface area contributed by atoms with Crippen molar-refractivity contribution in [1.29, 1.82) is 0 Å². The van der Waals surface area contributed by atoms with Gasteiger partial charge in [0, 0.05) is 35.3 Å². The minimum Gasteiger partial charge on any atom is -0.381 e. The highest BCUT2D eigenvalue weighted by Crippen LogP contribution is 2.22. The SMILES string of the molecule is CCCNC(CCC)C(CC)S(=O)C1CCOCC1. The Morgan fingerprint density at radius 3 is 2.42 bits per heavy atom. The molecule has 1 aliphatic heterocycles. The smallest absolute Gasteiger partial charge is 0.0501 e. The molecule has 0 aromatic carbocycles. The summed E-state index contributed by atoms with van der Waals surface area (Å²) in [4.78, 5) is 0. The molecular formula is C15H31NO2S. The van der Waals surface area contributed by atoms with Crippen molar-refractivity contribution in [2.45, 2.75) is 75.8 Å². The van der Waals surface area contributed by atoms with Crippen LogP contribution in [-0.2, 0) is 15.5 Å². The molecule has 1 N–H and O–H groups in total. The van der Waals surface area contributed by atoms with Gasteiger partial charge in [-0.3, -0.25) is 4.21 Å². The second-order valence-corrected chi connectivity index (χ2v) is 7.37. The molecule has 0 aromatic heterocycles. The van der Waals surface area contributed by atoms with Crippen molar-refractivity contribution in [2.75, 3.05) is 19.8 Å². The first kappa shape index (κ1) is 17.1. The van der Waals surface area contributed by atoms with Gasteiger partial charge in [-0.2, -0.15) is 0 Å². The van der Waals surface area contributed by atoms with Crippen LogP contribution in [0.25, 0.3) is 0 Å². The van der Waals surface area contributed by atoms with Crippen molar-refractivity contribution in [3.05, 3.63) is 0 Å². The fourth-order valence-corrected chi connectivity index (χ4v) is 4.86. The zero-order chi connectivity index (χ0) is 14.1. The molecule has 3 nitrogen and oxygen atoms in total. The van der Waals surface area contributed by atoms with Crippen molar-refractivity contribution in [3.63, 3.8) is 0 Å². The first-order valence-electron chi connectivity index (χ1n) is 7.95. The molecule has 0 bridgehead atoms. The molecule has 3 unspecified atom stereocenters. The van der Waals surface area contributed by atoms with Crippen LogP contribution in [0.3, 0.4) is 0 Å². The first-order valence-corrected chi connectivity index (χ1v) is 9.22. The second-order valence-electron chi connectivity index (χ2n) is 5.44. The van der Waals surface area contributed by atoms with Gasteiger partial charge in [0.1, 0.15) is 0 Å². The quantitative estimate of drug-likeness (QED) is 0.709. The van der Waals surface area contributed by atoms with E-state index in [2.05, 4.69) is 26.1 Å². The molecule has 0 saturated carbocycles. The van der Waals surface area contributed by atoms with Gasteiger partial charge in [-0.25, -0.2) is 0 Å². The molecule has 0 spiro atoms. The lowest BCUT2D eigenvalue weighted by Gasteiger charge is -2.31. The number of hydrogen-bond acceptors (Lipinski definition) is 3. The van der Waals surface area contributed by atoms with Crippen LogP contribution in [-0.4, -0.2) is 40.5 Å². The Kier molecular flexibility index (Phi) is 8.92. The van der Waals surface area contributed by atoms with E-state index in [4.69, 9.17) is 4.74 Å². The highest BCUT2D eigenvalue weighted by atomic mass is 32.2. The molecule has 1 fully saturated rings. The average Bonchev–Trinajstić information content (AvgIpc) is 2.46. The zero-order valence-corrected chi connectivity index (χ0v) is 13.6. The van der Waals surface area contributed by atoms with Gasteiger partial charge in [-0.15, -0.1) is 0 Å². The third-order valence-corrected chi connectivity index (χ3v) is 6.29. The Hall–Kier alpha value is 0.0700. The predicted octanol–water partition coefficient (Wildman–Crippen LogP) is 2.86. The highest BCUT2D eigenvalue weighted by molar-refractivity contribution is 7.86. The van der Waals surface area contributed by atoms with Gasteiger partial charge in [0.25, 0.3) is 0 Å². The van der Waals surface area contributed by atoms with Crippen LogP contribution in [0.1, 0.15) is 59.3 Å². The number of hydrogen-bond donors (Lipinski definition) is 1. The van der Waals surface area contributed by atoms with Crippen LogP contribution in [0.2, 0.25) is 0 Å². The third-order valence-electron chi connectivity index (χ3n) is 3.90. The first-order chi connectivity index (χ1) is 9.24. The number of nitrogens with one attached hydrogen (secondary N) is 1. The number of rotatable bonds is 9. The van der Waals surface area contributed by atoms with Gasteiger partial charge < -0.3 is 10.1 Å². The molecule has 1 saturated heterocycles. The molecule has 1 heterocycles. The predicted molar refractivity (Wildman–Crippen MR) is 83.1 cm³/mol. The van der Waals surface area contributed by atoms with Gasteiger partial charge in [0.05, 0.1) is 5.25 Å². The van der Waals surface area contributed by atoms with Crippen molar-refractivity contribution < 1.29 is 8.95 Å². The topological polar surface area (TPSA) is 38.3 Å². The van der Waals surface area contributed by atoms with Gasteiger partial charge in [-0.05, 0) is 38.6 Å². The monoisotopic (exact) mass is 289 g/mol. The van der Waals surface area contributed by atoms with Gasteiger partial charge in [0.15, 0.2) is 0 Å². The van der Waals surface area contributed by atoms with Crippen LogP contribution >= 0.6 is 0 Å². The lowest BCUT2D eigenvalue weighted by atomic mass is 10.1. The third kappa shape index (κ3) is 5.52. The molecule has 1 aliphatic rings. The molecule has 19 heavy (non-hydrogen) atoms. The second kappa shape index (κ2) is 9.89. The van der Waals surface area contributed by atoms with Crippen molar-refractivity contribution in [2.24, 2.45) is 0 Å². The summed E-state index contributed by atoms with van der Waals surface area (Å²) in [5, 5.41) is 4.27. The number of ether oxygens (including phenoxy) is 1. The summed E-state index contributed by atoms with van der Waals surface area (Å²) >= 11 is 0. The molecule has 0 aromatic rings. The molecule has 0 radical (unpaired) electrons. The lowest BCUT2D eigenvalue weighted by molar-refractivity contribution is 0.0990. The highest BCUT2D eigenvalue weighted by Gasteiger charge is 2.30. The van der Waals surface area contributed by atoms with Gasteiger partial charge in [-0.1, -0.05) is 27.2 Å². The van der Waals surface area contributed by atoms with E-state index in [-0.39, 0.29) is 0 Å². The fourth-order valence-electron chi connectivity index (χ4n) is 2.83. The largest absolute Gasteiger partial charge is 0.381 e. The summed E-state index contributed by atoms with van der Waals surface area (Å²) in [6, 6.07) is 0.415. The molecule has 114 valence electrons. The van der Waals surface area contributed by atoms with Crippen molar-refractivity contribution in [3.8, 4) is 0 Å². The van der Waals surface area contributed by atoms with E-state index in [1.165, 1.54) is 0 Å². The Morgan fingerprint density at radius 2 is 1.89 bits per heavy atom. The van der Waals surface area contributed by atoms with E-state index in [1.54, 1.807) is 0 Å². The molecule has 0 amide bonds. The summed E-state index contributed by atoms with van der Waals surface area (Å²) in [5.74, 6) is 0. The standard InChI is InChI=1S/C15H31NO2S/c1-4-7-14(16-10-5-2)15(6-3)19(17)13-8-11-18-12-9-13/h13-16H,4-12H2,1-3H3. The summed E-state index contributed by atoms with van der Waals surface area (Å²) in [6.45, 7) is 9.18. The maximum absolute atomic E-state index is 12.8. The van der Waals surface area contributed by atoms with E-state index in [0.717, 1.165) is 58.3 Å². The van der Waals surface area contributed by atoms with E-state index < -0.39 is 10.8 Å². The molecular weight excluding hydrogens is 258 g/mol. The summed E-state index contributed by atoms with van der Waals surface area (Å²) in [6.07, 6.45) is 6.37. The molecule has 1 rings (SSSR count). The summed E-state index contributed by atoms with van der Waals surface area (Å²) < 4.78 is 18.2. The molecule has 0 aliphatic carbocycles. The van der Waals surface area contributed by atoms with Crippen molar-refractivity contribution in [1.82, 2.24) is 5.32 Å².